The van der Waals surface area contributed by atoms with Crippen molar-refractivity contribution in [3.8, 4) is 6.07 Å². The van der Waals surface area contributed by atoms with Gasteiger partial charge in [-0.2, -0.15) is 5.26 Å². The van der Waals surface area contributed by atoms with Gasteiger partial charge in [-0.25, -0.2) is 13.9 Å². The zero-order valence-corrected chi connectivity index (χ0v) is 26.2. The molecule has 2 heterocycles. The largest absolute Gasteiger partial charge is 0.444 e. The molecule has 0 spiro atoms. The maximum Gasteiger partial charge on any atom is 0.407 e. The summed E-state index contributed by atoms with van der Waals surface area (Å²) in [6.45, 7) is 5.49. The van der Waals surface area contributed by atoms with Crippen LogP contribution in [-0.4, -0.2) is 43.8 Å². The van der Waals surface area contributed by atoms with Crippen LogP contribution >= 0.6 is 11.6 Å². The minimum atomic E-state index is -0.616. The number of carbonyl (C=O) groups excluding carboxylic acids is 1. The average molecular weight is 631 g/mol. The summed E-state index contributed by atoms with van der Waals surface area (Å²) in [5, 5.41) is 30.1. The molecule has 4 aromatic rings. The minimum absolute atomic E-state index is 0.149. The van der Waals surface area contributed by atoms with Gasteiger partial charge in [-0.3, -0.25) is 4.98 Å². The number of anilines is 2. The number of alkyl carbamates (subject to hydrolysis) is 1. The van der Waals surface area contributed by atoms with Crippen LogP contribution in [0.15, 0.2) is 48.8 Å². The van der Waals surface area contributed by atoms with E-state index < -0.39 is 17.7 Å². The molecule has 10 nitrogen and oxygen atoms in total. The number of hydrogen-bond acceptors (Lipinski definition) is 8. The number of nitriles is 1. The standard InChI is InChI=1S/C33H36ClFN8O2/c1-33(2,3)45-32(44)40-27-7-5-4-6-26(27)39-29-20(16-36)17-37-31-24(29)14-22(15-25(31)34)38-30(19-8-10-21(35)11-9-19)28-18-43(42-41-28)23-12-13-23/h8-11,14-15,17-18,23,26-27,30,38H,4-7,12-13H2,1-3H3,(H,37,39)(H,40,44)/t26-,27+,30?/m1/s1. The number of nitrogens with zero attached hydrogens (tertiary/aromatic N) is 5. The van der Waals surface area contributed by atoms with Crippen molar-refractivity contribution in [3.63, 3.8) is 0 Å². The summed E-state index contributed by atoms with van der Waals surface area (Å²) in [6.07, 6.45) is 8.61. The lowest BCUT2D eigenvalue weighted by atomic mass is 9.89. The van der Waals surface area contributed by atoms with Gasteiger partial charge in [0.25, 0.3) is 0 Å². The van der Waals surface area contributed by atoms with Crippen molar-refractivity contribution in [1.29, 1.82) is 5.26 Å². The molecule has 2 aliphatic carbocycles. The van der Waals surface area contributed by atoms with E-state index in [0.717, 1.165) is 44.1 Å². The van der Waals surface area contributed by atoms with Crippen LogP contribution in [0.5, 0.6) is 0 Å². The van der Waals surface area contributed by atoms with Gasteiger partial charge in [0.05, 0.1) is 46.1 Å². The fraction of sp³-hybridized carbons (Fsp3) is 0.424. The van der Waals surface area contributed by atoms with E-state index in [4.69, 9.17) is 16.3 Å². The fourth-order valence-corrected chi connectivity index (χ4v) is 6.06. The Morgan fingerprint density at radius 3 is 2.56 bits per heavy atom. The lowest BCUT2D eigenvalue weighted by Crippen LogP contribution is -2.49. The quantitative estimate of drug-likeness (QED) is 0.185. The second kappa shape index (κ2) is 12.5. The van der Waals surface area contributed by atoms with Crippen LogP contribution in [0.1, 0.15) is 88.2 Å². The van der Waals surface area contributed by atoms with E-state index in [1.165, 1.54) is 18.3 Å². The molecule has 0 radical (unpaired) electrons. The fourth-order valence-electron chi connectivity index (χ4n) is 5.79. The molecule has 6 rings (SSSR count). The Kier molecular flexibility index (Phi) is 8.51. The van der Waals surface area contributed by atoms with Crippen LogP contribution in [0.25, 0.3) is 10.9 Å². The van der Waals surface area contributed by atoms with Crippen molar-refractivity contribution in [2.24, 2.45) is 0 Å². The zero-order valence-electron chi connectivity index (χ0n) is 25.5. The van der Waals surface area contributed by atoms with Gasteiger partial charge >= 0.3 is 6.09 Å². The maximum absolute atomic E-state index is 13.9. The van der Waals surface area contributed by atoms with E-state index in [1.54, 1.807) is 18.2 Å². The van der Waals surface area contributed by atoms with Crippen molar-refractivity contribution < 1.29 is 13.9 Å². The molecule has 0 saturated heterocycles. The Bertz CT molecular complexity index is 1740. The molecule has 3 N–H and O–H groups in total. The molecule has 2 fully saturated rings. The summed E-state index contributed by atoms with van der Waals surface area (Å²) in [6, 6.07) is 11.8. The second-order valence-electron chi connectivity index (χ2n) is 12.8. The van der Waals surface area contributed by atoms with Gasteiger partial charge in [0.2, 0.25) is 0 Å². The first kappa shape index (κ1) is 30.6. The molecule has 45 heavy (non-hydrogen) atoms. The lowest BCUT2D eigenvalue weighted by molar-refractivity contribution is 0.0488. The first-order valence-electron chi connectivity index (χ1n) is 15.3. The van der Waals surface area contributed by atoms with E-state index in [9.17, 15) is 14.4 Å². The normalized spacial score (nSPS) is 19.0. The highest BCUT2D eigenvalue weighted by Crippen LogP contribution is 2.38. The Morgan fingerprint density at radius 2 is 1.87 bits per heavy atom. The number of pyridine rings is 1. The predicted octanol–water partition coefficient (Wildman–Crippen LogP) is 7.27. The highest BCUT2D eigenvalue weighted by Gasteiger charge is 2.30. The van der Waals surface area contributed by atoms with Crippen molar-refractivity contribution in [2.45, 2.75) is 89.1 Å². The Morgan fingerprint density at radius 1 is 1.13 bits per heavy atom. The van der Waals surface area contributed by atoms with Gasteiger partial charge in [0.1, 0.15) is 23.2 Å². The summed E-state index contributed by atoms with van der Waals surface area (Å²) < 4.78 is 21.3. The molecule has 0 aliphatic heterocycles. The van der Waals surface area contributed by atoms with E-state index in [1.807, 2.05) is 37.7 Å². The van der Waals surface area contributed by atoms with Crippen molar-refractivity contribution >= 4 is 40.0 Å². The summed E-state index contributed by atoms with van der Waals surface area (Å²) in [4.78, 5) is 17.2. The molecule has 234 valence electrons. The molecule has 1 unspecified atom stereocenters. The van der Waals surface area contributed by atoms with Gasteiger partial charge < -0.3 is 20.7 Å². The van der Waals surface area contributed by atoms with Gasteiger partial charge in [0, 0.05) is 23.3 Å². The monoisotopic (exact) mass is 630 g/mol. The van der Waals surface area contributed by atoms with Gasteiger partial charge in [-0.05, 0) is 76.3 Å². The van der Waals surface area contributed by atoms with Crippen LogP contribution in [-0.2, 0) is 4.74 Å². The smallest absolute Gasteiger partial charge is 0.407 e. The number of benzene rings is 2. The molecule has 0 bridgehead atoms. The number of rotatable bonds is 8. The molecular formula is C33H36ClFN8O2. The van der Waals surface area contributed by atoms with Gasteiger partial charge in [0.15, 0.2) is 0 Å². The molecule has 3 atom stereocenters. The summed E-state index contributed by atoms with van der Waals surface area (Å²) >= 11 is 6.81. The van der Waals surface area contributed by atoms with Crippen LogP contribution in [0.3, 0.4) is 0 Å². The van der Waals surface area contributed by atoms with Gasteiger partial charge in [-0.1, -0.05) is 41.8 Å². The first-order valence-corrected chi connectivity index (χ1v) is 15.7. The molecule has 1 amide bonds. The van der Waals surface area contributed by atoms with E-state index in [-0.39, 0.29) is 17.9 Å². The number of amides is 1. The Balaban J connectivity index is 1.35. The van der Waals surface area contributed by atoms with Gasteiger partial charge in [-0.15, -0.1) is 5.10 Å². The summed E-state index contributed by atoms with van der Waals surface area (Å²) in [7, 11) is 0. The van der Waals surface area contributed by atoms with Crippen molar-refractivity contribution in [3.05, 3.63) is 76.5 Å². The first-order chi connectivity index (χ1) is 21.6. The SMILES string of the molecule is CC(C)(C)OC(=O)N[C@H]1CCCC[C@H]1Nc1c(C#N)cnc2c(Cl)cc(NC(c3ccc(F)cc3)c3cn(C4CC4)nn3)cc12. The molecule has 2 aliphatic rings. The van der Waals surface area contributed by atoms with Crippen LogP contribution < -0.4 is 16.0 Å². The average Bonchev–Trinajstić information content (AvgIpc) is 3.73. The Hall–Kier alpha value is -4.43. The molecule has 2 aromatic heterocycles. The van der Waals surface area contributed by atoms with Crippen LogP contribution in [0.2, 0.25) is 5.02 Å². The van der Waals surface area contributed by atoms with Crippen molar-refractivity contribution in [2.75, 3.05) is 10.6 Å². The highest BCUT2D eigenvalue weighted by molar-refractivity contribution is 6.35. The zero-order chi connectivity index (χ0) is 31.7. The third kappa shape index (κ3) is 7.12. The van der Waals surface area contributed by atoms with Crippen LogP contribution in [0, 0.1) is 17.1 Å². The maximum atomic E-state index is 13.9. The third-order valence-electron chi connectivity index (χ3n) is 8.10. The van der Waals surface area contributed by atoms with E-state index in [0.29, 0.717) is 44.6 Å². The summed E-state index contributed by atoms with van der Waals surface area (Å²) in [5.74, 6) is -0.333. The number of aromatic nitrogens is 4. The molecule has 12 heteroatoms. The summed E-state index contributed by atoms with van der Waals surface area (Å²) in [5.41, 5.74) is 3.02. The molecular weight excluding hydrogens is 595 g/mol. The highest BCUT2D eigenvalue weighted by atomic mass is 35.5. The second-order valence-corrected chi connectivity index (χ2v) is 13.2. The number of hydrogen-bond donors (Lipinski definition) is 3. The number of nitrogens with one attached hydrogen (secondary N) is 3. The Labute approximate surface area is 266 Å². The number of fused-ring (bicyclic) bond motifs is 1. The minimum Gasteiger partial charge on any atom is -0.444 e. The number of carbonyl (C=O) groups is 1. The van der Waals surface area contributed by atoms with E-state index in [2.05, 4.69) is 37.3 Å². The lowest BCUT2D eigenvalue weighted by Gasteiger charge is -2.34. The number of halogens is 2. The van der Waals surface area contributed by atoms with Crippen molar-refractivity contribution in [1.82, 2.24) is 25.3 Å². The topological polar surface area (TPSA) is 130 Å². The number of ether oxygens (including phenoxy) is 1. The van der Waals surface area contributed by atoms with Crippen LogP contribution in [0.4, 0.5) is 20.6 Å². The molecule has 2 saturated carbocycles. The third-order valence-corrected chi connectivity index (χ3v) is 8.39. The predicted molar refractivity (Wildman–Crippen MR) is 171 cm³/mol. The molecule has 2 aromatic carbocycles. The van der Waals surface area contributed by atoms with E-state index >= 15 is 0 Å².